The average Bonchev–Trinajstić information content (AvgIpc) is 2.80. The van der Waals surface area contributed by atoms with Crippen LogP contribution in [0.25, 0.3) is 11.3 Å². The van der Waals surface area contributed by atoms with E-state index < -0.39 is 16.1 Å². The summed E-state index contributed by atoms with van der Waals surface area (Å²) in [6.07, 6.45) is 0.443. The first-order chi connectivity index (χ1) is 14.9. The molecule has 1 fully saturated rings. The Hall–Kier alpha value is -2.85. The molecule has 162 valence electrons. The van der Waals surface area contributed by atoms with Crippen molar-refractivity contribution in [3.63, 3.8) is 0 Å². The van der Waals surface area contributed by atoms with Crippen LogP contribution >= 0.6 is 0 Å². The topological polar surface area (TPSA) is 119 Å². The highest BCUT2D eigenvalue weighted by atomic mass is 32.2. The molecule has 1 aromatic heterocycles. The number of nitrogens with zero attached hydrogens (tertiary/aromatic N) is 3. The number of morpholine rings is 1. The fourth-order valence-corrected chi connectivity index (χ4v) is 4.95. The SMILES string of the molecule is Cc1ccc(S(=O)(=O)N2CCOCC2)cc1-c1cnc(N)c(C(O)c2ccccc2)n1. The summed E-state index contributed by atoms with van der Waals surface area (Å²) in [4.78, 5) is 8.93. The van der Waals surface area contributed by atoms with Gasteiger partial charge in [0, 0.05) is 18.7 Å². The Kier molecular flexibility index (Phi) is 6.01. The van der Waals surface area contributed by atoms with Crippen molar-refractivity contribution >= 4 is 15.8 Å². The molecule has 0 radical (unpaired) electrons. The van der Waals surface area contributed by atoms with Crippen molar-refractivity contribution in [2.75, 3.05) is 32.0 Å². The standard InChI is InChI=1S/C22H24N4O4S/c1-15-7-8-17(31(28,29)26-9-11-30-12-10-26)13-18(15)19-14-24-22(23)20(25-19)21(27)16-5-3-2-4-6-16/h2-8,13-14,21,27H,9-12H2,1H3,(H2,23,24). The molecule has 3 aromatic rings. The number of aliphatic hydroxyl groups excluding tert-OH is 1. The average molecular weight is 441 g/mol. The van der Waals surface area contributed by atoms with E-state index in [0.29, 0.717) is 43.1 Å². The van der Waals surface area contributed by atoms with Crippen molar-refractivity contribution < 1.29 is 18.3 Å². The molecule has 2 heterocycles. The van der Waals surface area contributed by atoms with E-state index in [9.17, 15) is 13.5 Å². The van der Waals surface area contributed by atoms with Crippen LogP contribution in [0.1, 0.15) is 22.9 Å². The lowest BCUT2D eigenvalue weighted by Crippen LogP contribution is -2.40. The summed E-state index contributed by atoms with van der Waals surface area (Å²) in [6.45, 7) is 3.26. The van der Waals surface area contributed by atoms with Crippen LogP contribution in [0, 0.1) is 6.92 Å². The van der Waals surface area contributed by atoms with Gasteiger partial charge in [-0.25, -0.2) is 18.4 Å². The number of rotatable bonds is 5. The lowest BCUT2D eigenvalue weighted by Gasteiger charge is -2.26. The number of hydrogen-bond donors (Lipinski definition) is 2. The maximum absolute atomic E-state index is 13.1. The van der Waals surface area contributed by atoms with Gasteiger partial charge in [-0.05, 0) is 30.2 Å². The molecule has 1 aliphatic rings. The number of anilines is 1. The third-order valence-corrected chi connectivity index (χ3v) is 7.19. The van der Waals surface area contributed by atoms with Crippen LogP contribution in [0.15, 0.2) is 59.6 Å². The van der Waals surface area contributed by atoms with Gasteiger partial charge in [0.15, 0.2) is 0 Å². The number of benzene rings is 2. The molecule has 1 saturated heterocycles. The molecule has 9 heteroatoms. The summed E-state index contributed by atoms with van der Waals surface area (Å²) in [6, 6.07) is 14.0. The summed E-state index contributed by atoms with van der Waals surface area (Å²) in [5.41, 5.74) is 8.75. The van der Waals surface area contributed by atoms with Crippen LogP contribution in [0.3, 0.4) is 0 Å². The van der Waals surface area contributed by atoms with Gasteiger partial charge in [0.05, 0.1) is 30.0 Å². The van der Waals surface area contributed by atoms with E-state index in [1.807, 2.05) is 25.1 Å². The smallest absolute Gasteiger partial charge is 0.243 e. The Labute approximate surface area is 181 Å². The second-order valence-electron chi connectivity index (χ2n) is 7.33. The number of nitrogens with two attached hydrogens (primary N) is 1. The minimum absolute atomic E-state index is 0.120. The summed E-state index contributed by atoms with van der Waals surface area (Å²) in [5, 5.41) is 10.8. The van der Waals surface area contributed by atoms with Crippen LogP contribution in [0.5, 0.6) is 0 Å². The largest absolute Gasteiger partial charge is 0.382 e. The van der Waals surface area contributed by atoms with E-state index in [1.165, 1.54) is 10.5 Å². The van der Waals surface area contributed by atoms with E-state index in [2.05, 4.69) is 9.97 Å². The van der Waals surface area contributed by atoms with Gasteiger partial charge in [0.25, 0.3) is 0 Å². The van der Waals surface area contributed by atoms with Gasteiger partial charge in [-0.15, -0.1) is 0 Å². The van der Waals surface area contributed by atoms with Gasteiger partial charge in [-0.3, -0.25) is 0 Å². The van der Waals surface area contributed by atoms with E-state index in [-0.39, 0.29) is 16.4 Å². The molecule has 1 atom stereocenters. The maximum atomic E-state index is 13.1. The lowest BCUT2D eigenvalue weighted by molar-refractivity contribution is 0.0730. The third-order valence-electron chi connectivity index (χ3n) is 5.30. The quantitative estimate of drug-likeness (QED) is 0.624. The van der Waals surface area contributed by atoms with Crippen LogP contribution in [0.4, 0.5) is 5.82 Å². The first-order valence-corrected chi connectivity index (χ1v) is 11.4. The molecule has 0 saturated carbocycles. The van der Waals surface area contributed by atoms with Gasteiger partial charge in [0.1, 0.15) is 17.6 Å². The van der Waals surface area contributed by atoms with Gasteiger partial charge >= 0.3 is 0 Å². The van der Waals surface area contributed by atoms with Crippen LogP contribution in [0.2, 0.25) is 0 Å². The highest BCUT2D eigenvalue weighted by Gasteiger charge is 2.27. The first kappa shape index (κ1) is 21.4. The first-order valence-electron chi connectivity index (χ1n) is 9.92. The number of sulfonamides is 1. The number of hydrogen-bond acceptors (Lipinski definition) is 7. The van der Waals surface area contributed by atoms with E-state index in [0.717, 1.165) is 5.56 Å². The minimum atomic E-state index is -3.66. The highest BCUT2D eigenvalue weighted by molar-refractivity contribution is 7.89. The second-order valence-corrected chi connectivity index (χ2v) is 9.27. The summed E-state index contributed by atoms with van der Waals surface area (Å²) in [7, 11) is -3.66. The predicted molar refractivity (Wildman–Crippen MR) is 117 cm³/mol. The van der Waals surface area contributed by atoms with Crippen LogP contribution in [-0.2, 0) is 14.8 Å². The molecule has 2 aromatic carbocycles. The van der Waals surface area contributed by atoms with Gasteiger partial charge < -0.3 is 15.6 Å². The number of aryl methyl sites for hydroxylation is 1. The fourth-order valence-electron chi connectivity index (χ4n) is 3.51. The van der Waals surface area contributed by atoms with Crippen molar-refractivity contribution in [2.24, 2.45) is 0 Å². The van der Waals surface area contributed by atoms with E-state index >= 15 is 0 Å². The Morgan fingerprint density at radius 3 is 2.55 bits per heavy atom. The molecule has 0 aliphatic carbocycles. The molecule has 0 amide bonds. The highest BCUT2D eigenvalue weighted by Crippen LogP contribution is 2.30. The van der Waals surface area contributed by atoms with Crippen molar-refractivity contribution in [1.29, 1.82) is 0 Å². The maximum Gasteiger partial charge on any atom is 0.243 e. The van der Waals surface area contributed by atoms with Crippen molar-refractivity contribution in [2.45, 2.75) is 17.9 Å². The molecule has 8 nitrogen and oxygen atoms in total. The number of aromatic nitrogens is 2. The Bertz CT molecular complexity index is 1180. The Morgan fingerprint density at radius 2 is 1.84 bits per heavy atom. The lowest BCUT2D eigenvalue weighted by atomic mass is 10.0. The van der Waals surface area contributed by atoms with Crippen molar-refractivity contribution in [3.8, 4) is 11.3 Å². The molecule has 1 unspecified atom stereocenters. The molecule has 0 spiro atoms. The number of ether oxygens (including phenoxy) is 1. The number of aliphatic hydroxyl groups is 1. The molecule has 4 rings (SSSR count). The second kappa shape index (κ2) is 8.72. The van der Waals surface area contributed by atoms with E-state index in [4.69, 9.17) is 10.5 Å². The Morgan fingerprint density at radius 1 is 1.13 bits per heavy atom. The predicted octanol–water partition coefficient (Wildman–Crippen LogP) is 2.14. The molecule has 3 N–H and O–H groups in total. The zero-order valence-corrected chi connectivity index (χ0v) is 17.9. The molecular formula is C22H24N4O4S. The normalized spacial score (nSPS) is 16.2. The van der Waals surface area contributed by atoms with Gasteiger partial charge in [-0.2, -0.15) is 4.31 Å². The molecule has 1 aliphatic heterocycles. The minimum Gasteiger partial charge on any atom is -0.382 e. The third kappa shape index (κ3) is 4.31. The zero-order chi connectivity index (χ0) is 22.0. The van der Waals surface area contributed by atoms with Crippen LogP contribution in [-0.4, -0.2) is 54.1 Å². The van der Waals surface area contributed by atoms with Gasteiger partial charge in [0.2, 0.25) is 10.0 Å². The summed E-state index contributed by atoms with van der Waals surface area (Å²) in [5.74, 6) is 0.120. The van der Waals surface area contributed by atoms with Crippen molar-refractivity contribution in [3.05, 3.63) is 71.5 Å². The Balaban J connectivity index is 1.74. The monoisotopic (exact) mass is 440 g/mol. The molecule has 31 heavy (non-hydrogen) atoms. The van der Waals surface area contributed by atoms with Crippen LogP contribution < -0.4 is 5.73 Å². The number of nitrogen functional groups attached to an aromatic ring is 1. The summed E-state index contributed by atoms with van der Waals surface area (Å²) >= 11 is 0. The van der Waals surface area contributed by atoms with Gasteiger partial charge in [-0.1, -0.05) is 36.4 Å². The zero-order valence-electron chi connectivity index (χ0n) is 17.1. The molecule has 0 bridgehead atoms. The molecular weight excluding hydrogens is 416 g/mol. The van der Waals surface area contributed by atoms with E-state index in [1.54, 1.807) is 30.3 Å². The van der Waals surface area contributed by atoms with Crippen molar-refractivity contribution in [1.82, 2.24) is 14.3 Å². The summed E-state index contributed by atoms with van der Waals surface area (Å²) < 4.78 is 32.8. The fraction of sp³-hybridized carbons (Fsp3) is 0.273.